The van der Waals surface area contributed by atoms with Gasteiger partial charge in [0, 0.05) is 19.6 Å². The van der Waals surface area contributed by atoms with E-state index in [1.165, 1.54) is 6.42 Å². The Morgan fingerprint density at radius 1 is 1.50 bits per heavy atom. The first-order valence-corrected chi connectivity index (χ1v) is 6.53. The van der Waals surface area contributed by atoms with Crippen LogP contribution in [0.25, 0.3) is 0 Å². The summed E-state index contributed by atoms with van der Waals surface area (Å²) in [6.45, 7) is 10.4. The topological polar surface area (TPSA) is 32.3 Å². The summed E-state index contributed by atoms with van der Waals surface area (Å²) in [6.07, 6.45) is 2.18. The van der Waals surface area contributed by atoms with Crippen molar-refractivity contribution < 1.29 is 4.79 Å². The molecule has 0 spiro atoms. The van der Waals surface area contributed by atoms with Gasteiger partial charge in [-0.3, -0.25) is 4.79 Å². The van der Waals surface area contributed by atoms with Crippen LogP contribution in [0.4, 0.5) is 0 Å². The molecule has 92 valence electrons. The molecule has 0 bridgehead atoms. The Morgan fingerprint density at radius 2 is 2.25 bits per heavy atom. The predicted molar refractivity (Wildman–Crippen MR) is 65.1 cm³/mol. The molecule has 3 heteroatoms. The molecule has 2 heterocycles. The highest BCUT2D eigenvalue weighted by Gasteiger charge is 2.41. The van der Waals surface area contributed by atoms with Gasteiger partial charge >= 0.3 is 0 Å². The SMILES string of the molecule is CC(C)C1CCN(C(=O)C2(C)CCNC2)C1. The summed E-state index contributed by atoms with van der Waals surface area (Å²) in [5, 5.41) is 3.30. The molecule has 2 atom stereocenters. The second kappa shape index (κ2) is 4.36. The van der Waals surface area contributed by atoms with Crippen molar-refractivity contribution in [3.63, 3.8) is 0 Å². The molecule has 2 unspecified atom stereocenters. The average Bonchev–Trinajstić information content (AvgIpc) is 2.85. The van der Waals surface area contributed by atoms with Crippen molar-refractivity contribution in [2.75, 3.05) is 26.2 Å². The van der Waals surface area contributed by atoms with Crippen LogP contribution in [-0.4, -0.2) is 37.0 Å². The summed E-state index contributed by atoms with van der Waals surface area (Å²) < 4.78 is 0. The Morgan fingerprint density at radius 3 is 2.75 bits per heavy atom. The summed E-state index contributed by atoms with van der Waals surface area (Å²) in [5.74, 6) is 1.79. The van der Waals surface area contributed by atoms with E-state index in [1.807, 2.05) is 0 Å². The molecule has 2 fully saturated rings. The quantitative estimate of drug-likeness (QED) is 0.771. The normalized spacial score (nSPS) is 35.0. The van der Waals surface area contributed by atoms with E-state index < -0.39 is 0 Å². The Bertz CT molecular complexity index is 269. The maximum atomic E-state index is 12.4. The first-order valence-electron chi connectivity index (χ1n) is 6.53. The van der Waals surface area contributed by atoms with Crippen LogP contribution >= 0.6 is 0 Å². The first-order chi connectivity index (χ1) is 7.53. The highest BCUT2D eigenvalue weighted by molar-refractivity contribution is 5.83. The van der Waals surface area contributed by atoms with E-state index in [1.54, 1.807) is 0 Å². The second-order valence-electron chi connectivity index (χ2n) is 6.03. The van der Waals surface area contributed by atoms with Gasteiger partial charge < -0.3 is 10.2 Å². The fourth-order valence-electron chi connectivity index (χ4n) is 2.90. The maximum Gasteiger partial charge on any atom is 0.229 e. The summed E-state index contributed by atoms with van der Waals surface area (Å²) >= 11 is 0. The van der Waals surface area contributed by atoms with Crippen LogP contribution < -0.4 is 5.32 Å². The summed E-state index contributed by atoms with van der Waals surface area (Å²) in [4.78, 5) is 14.5. The molecule has 2 aliphatic heterocycles. The first kappa shape index (κ1) is 11.9. The van der Waals surface area contributed by atoms with Gasteiger partial charge in [0.25, 0.3) is 0 Å². The molecule has 2 rings (SSSR count). The average molecular weight is 224 g/mol. The summed E-state index contributed by atoms with van der Waals surface area (Å²) in [5.41, 5.74) is -0.133. The van der Waals surface area contributed by atoms with E-state index in [-0.39, 0.29) is 5.41 Å². The lowest BCUT2D eigenvalue weighted by Gasteiger charge is -2.28. The number of rotatable bonds is 2. The lowest BCUT2D eigenvalue weighted by Crippen LogP contribution is -2.42. The highest BCUT2D eigenvalue weighted by Crippen LogP contribution is 2.31. The molecule has 0 saturated carbocycles. The van der Waals surface area contributed by atoms with Crippen LogP contribution in [0.2, 0.25) is 0 Å². The fourth-order valence-corrected chi connectivity index (χ4v) is 2.90. The number of amides is 1. The van der Waals surface area contributed by atoms with Crippen molar-refractivity contribution in [1.82, 2.24) is 10.2 Å². The van der Waals surface area contributed by atoms with Crippen molar-refractivity contribution in [3.8, 4) is 0 Å². The summed E-state index contributed by atoms with van der Waals surface area (Å²) in [6, 6.07) is 0. The van der Waals surface area contributed by atoms with Gasteiger partial charge in [-0.25, -0.2) is 0 Å². The fraction of sp³-hybridized carbons (Fsp3) is 0.923. The third kappa shape index (κ3) is 2.10. The number of likely N-dealkylation sites (tertiary alicyclic amines) is 1. The van der Waals surface area contributed by atoms with Crippen molar-refractivity contribution in [2.24, 2.45) is 17.3 Å². The van der Waals surface area contributed by atoms with Crippen molar-refractivity contribution >= 4 is 5.91 Å². The van der Waals surface area contributed by atoms with E-state index >= 15 is 0 Å². The second-order valence-corrected chi connectivity index (χ2v) is 6.03. The minimum Gasteiger partial charge on any atom is -0.342 e. The number of nitrogens with one attached hydrogen (secondary N) is 1. The van der Waals surface area contributed by atoms with Crippen molar-refractivity contribution in [2.45, 2.75) is 33.6 Å². The molecule has 2 saturated heterocycles. The van der Waals surface area contributed by atoms with Crippen LogP contribution in [0, 0.1) is 17.3 Å². The smallest absolute Gasteiger partial charge is 0.229 e. The zero-order valence-electron chi connectivity index (χ0n) is 10.8. The number of carbonyl (C=O) groups is 1. The van der Waals surface area contributed by atoms with Crippen LogP contribution in [0.1, 0.15) is 33.6 Å². The monoisotopic (exact) mass is 224 g/mol. The lowest BCUT2D eigenvalue weighted by atomic mass is 9.88. The number of nitrogens with zero attached hydrogens (tertiary/aromatic N) is 1. The van der Waals surface area contributed by atoms with Gasteiger partial charge in [-0.1, -0.05) is 13.8 Å². The third-order valence-electron chi connectivity index (χ3n) is 4.34. The molecule has 3 nitrogen and oxygen atoms in total. The molecular formula is C13H24N2O. The van der Waals surface area contributed by atoms with E-state index in [9.17, 15) is 4.79 Å². The Hall–Kier alpha value is -0.570. The largest absolute Gasteiger partial charge is 0.342 e. The zero-order valence-corrected chi connectivity index (χ0v) is 10.8. The molecule has 0 aliphatic carbocycles. The molecule has 0 aromatic heterocycles. The van der Waals surface area contributed by atoms with E-state index in [0.717, 1.165) is 32.6 Å². The van der Waals surface area contributed by atoms with Crippen molar-refractivity contribution in [3.05, 3.63) is 0 Å². The van der Waals surface area contributed by atoms with Gasteiger partial charge in [-0.05, 0) is 38.1 Å². The molecule has 0 radical (unpaired) electrons. The zero-order chi connectivity index (χ0) is 11.8. The lowest BCUT2D eigenvalue weighted by molar-refractivity contribution is -0.139. The van der Waals surface area contributed by atoms with Crippen LogP contribution in [0.5, 0.6) is 0 Å². The van der Waals surface area contributed by atoms with Crippen LogP contribution in [0.15, 0.2) is 0 Å². The van der Waals surface area contributed by atoms with Gasteiger partial charge in [0.05, 0.1) is 5.41 Å². The van der Waals surface area contributed by atoms with E-state index in [2.05, 4.69) is 31.0 Å². The standard InChI is InChI=1S/C13H24N2O/c1-10(2)11-4-7-15(8-11)12(16)13(3)5-6-14-9-13/h10-11,14H,4-9H2,1-3H3. The van der Waals surface area contributed by atoms with Gasteiger partial charge in [0.2, 0.25) is 5.91 Å². The summed E-state index contributed by atoms with van der Waals surface area (Å²) in [7, 11) is 0. The molecular weight excluding hydrogens is 200 g/mol. The third-order valence-corrected chi connectivity index (χ3v) is 4.34. The Labute approximate surface area is 98.6 Å². The number of hydrogen-bond acceptors (Lipinski definition) is 2. The van der Waals surface area contributed by atoms with Gasteiger partial charge in [0.15, 0.2) is 0 Å². The molecule has 0 aromatic carbocycles. The Kier molecular flexibility index (Phi) is 3.24. The predicted octanol–water partition coefficient (Wildman–Crippen LogP) is 1.49. The van der Waals surface area contributed by atoms with Gasteiger partial charge in [-0.15, -0.1) is 0 Å². The molecule has 0 aromatic rings. The number of carbonyl (C=O) groups excluding carboxylic acids is 1. The Balaban J connectivity index is 1.96. The van der Waals surface area contributed by atoms with Crippen LogP contribution in [0.3, 0.4) is 0 Å². The molecule has 1 N–H and O–H groups in total. The molecule has 16 heavy (non-hydrogen) atoms. The van der Waals surface area contributed by atoms with Crippen LogP contribution in [-0.2, 0) is 4.79 Å². The minimum atomic E-state index is -0.133. The van der Waals surface area contributed by atoms with Crippen molar-refractivity contribution in [1.29, 1.82) is 0 Å². The van der Waals surface area contributed by atoms with Gasteiger partial charge in [-0.2, -0.15) is 0 Å². The molecule has 1 amide bonds. The maximum absolute atomic E-state index is 12.4. The van der Waals surface area contributed by atoms with Gasteiger partial charge in [0.1, 0.15) is 0 Å². The minimum absolute atomic E-state index is 0.133. The van der Waals surface area contributed by atoms with E-state index in [4.69, 9.17) is 0 Å². The van der Waals surface area contributed by atoms with E-state index in [0.29, 0.717) is 17.7 Å². The molecule has 2 aliphatic rings. The number of hydrogen-bond donors (Lipinski definition) is 1. The highest BCUT2D eigenvalue weighted by atomic mass is 16.2.